The normalized spacial score (nSPS) is 27.0. The standard InChI is InChI=1S/C61H109N8O28P/c1-35(74)64-50-43(29-38(30-70)53(82)56(50)85)92-26-14-11-23-49(81)68-41(18-8-13-25-63-47(79)21-10-16-28-94-61-52(66-37(3)76)58(87)55(84)45(33-73)97-61)59(88)69-40(42(77)19-5-6-22-48(80)67-39(31-71)34-95-98(89,90)91-4)17-7-12-24-62-46(78)20-9-15-27-93-60-51(65-36(2)75)57(86)54(83)44(32-72)96-60/h38-41,43-45,50-58,60-61,70-73,82-87H,5-34H2,1-4H3,(H,62,78)(H,63,79)(H,64,74)(H,65,75)(H,66,76)(H,67,80)(H,68,81)(H,69,88)(H,89,90)/t38-,39-,40+,41+,43-,44-,45-,50+,51-,52-,53+,54+,55+,56-,57-,58-,60-,61-/m1/s1. The van der Waals surface area contributed by atoms with Gasteiger partial charge in [0.15, 0.2) is 18.4 Å². The van der Waals surface area contributed by atoms with E-state index in [0.29, 0.717) is 51.4 Å². The molecule has 0 aromatic rings. The van der Waals surface area contributed by atoms with E-state index in [1.807, 2.05) is 0 Å². The quantitative estimate of drug-likeness (QED) is 0.0200. The number of phosphoric ester groups is 1. The van der Waals surface area contributed by atoms with Crippen molar-refractivity contribution in [1.29, 1.82) is 0 Å². The molecule has 1 unspecified atom stereocenters. The molecule has 8 amide bonds. The Morgan fingerprint density at radius 2 is 0.918 bits per heavy atom. The Bertz CT molecular complexity index is 2480. The van der Waals surface area contributed by atoms with Gasteiger partial charge in [-0.1, -0.05) is 0 Å². The molecule has 0 bridgehead atoms. The van der Waals surface area contributed by atoms with E-state index in [0.717, 1.165) is 7.11 Å². The van der Waals surface area contributed by atoms with Gasteiger partial charge >= 0.3 is 7.82 Å². The lowest BCUT2D eigenvalue weighted by atomic mass is 9.79. The molecule has 3 aliphatic rings. The lowest BCUT2D eigenvalue weighted by molar-refractivity contribution is -0.270. The van der Waals surface area contributed by atoms with E-state index in [-0.39, 0.29) is 122 Å². The minimum Gasteiger partial charge on any atom is -0.396 e. The summed E-state index contributed by atoms with van der Waals surface area (Å²) >= 11 is 0. The second-order valence-corrected chi connectivity index (χ2v) is 26.3. The number of amides is 8. The predicted molar refractivity (Wildman–Crippen MR) is 342 cm³/mol. The van der Waals surface area contributed by atoms with Gasteiger partial charge in [-0.3, -0.25) is 52.2 Å². The number of aliphatic hydroxyl groups excluding tert-OH is 10. The van der Waals surface area contributed by atoms with Crippen LogP contribution in [0.2, 0.25) is 0 Å². The summed E-state index contributed by atoms with van der Waals surface area (Å²) < 4.78 is 49.4. The topological polar surface area (TPSA) is 554 Å². The average Bonchev–Trinajstić information content (AvgIpc) is 0.823. The van der Waals surface area contributed by atoms with E-state index in [2.05, 4.69) is 47.1 Å². The number of carbonyl (C=O) groups is 9. The molecule has 2 heterocycles. The molecule has 2 aliphatic heterocycles. The van der Waals surface area contributed by atoms with Crippen molar-refractivity contribution >= 4 is 60.9 Å². The highest BCUT2D eigenvalue weighted by atomic mass is 31.2. The number of hydrogen-bond acceptors (Lipinski definition) is 27. The molecule has 1 saturated carbocycles. The molecular formula is C61H109N8O28P. The number of aliphatic hydroxyl groups is 10. The van der Waals surface area contributed by atoms with E-state index >= 15 is 0 Å². The molecule has 566 valence electrons. The van der Waals surface area contributed by atoms with Gasteiger partial charge < -0.3 is 122 Å². The zero-order chi connectivity index (χ0) is 72.9. The summed E-state index contributed by atoms with van der Waals surface area (Å²) in [6.07, 6.45) is -10.6. The molecule has 36 nitrogen and oxygen atoms in total. The van der Waals surface area contributed by atoms with E-state index < -0.39 is 192 Å². The van der Waals surface area contributed by atoms with Crippen LogP contribution in [0.3, 0.4) is 0 Å². The summed E-state index contributed by atoms with van der Waals surface area (Å²) in [5.74, 6) is -5.07. The van der Waals surface area contributed by atoms with Crippen LogP contribution in [0.25, 0.3) is 0 Å². The molecule has 0 aromatic carbocycles. The minimum absolute atomic E-state index is 0.0314. The molecule has 0 aromatic heterocycles. The van der Waals surface area contributed by atoms with Crippen molar-refractivity contribution in [1.82, 2.24) is 42.5 Å². The molecule has 3 fully saturated rings. The first-order chi connectivity index (χ1) is 46.6. The third-order valence-electron chi connectivity index (χ3n) is 16.7. The number of nitrogens with one attached hydrogen (secondary N) is 8. The summed E-state index contributed by atoms with van der Waals surface area (Å²) in [4.78, 5) is 126. The van der Waals surface area contributed by atoms with Gasteiger partial charge in [0.05, 0.1) is 56.8 Å². The van der Waals surface area contributed by atoms with Gasteiger partial charge in [-0.15, -0.1) is 0 Å². The Balaban J connectivity index is 1.67. The Kier molecular flexibility index (Phi) is 42.0. The van der Waals surface area contributed by atoms with Crippen LogP contribution in [0.4, 0.5) is 0 Å². The van der Waals surface area contributed by atoms with Crippen LogP contribution in [-0.2, 0) is 80.4 Å². The maximum atomic E-state index is 14.4. The largest absolute Gasteiger partial charge is 0.471 e. The fourth-order valence-corrected chi connectivity index (χ4v) is 11.7. The smallest absolute Gasteiger partial charge is 0.396 e. The first-order valence-electron chi connectivity index (χ1n) is 33.6. The molecule has 0 spiro atoms. The van der Waals surface area contributed by atoms with Crippen LogP contribution < -0.4 is 42.5 Å². The lowest BCUT2D eigenvalue weighted by Crippen LogP contribution is -2.64. The predicted octanol–water partition coefficient (Wildman–Crippen LogP) is -5.05. The average molecular weight is 1430 g/mol. The number of phosphoric acid groups is 1. The zero-order valence-electron chi connectivity index (χ0n) is 56.4. The van der Waals surface area contributed by atoms with Crippen LogP contribution in [-0.4, -0.2) is 286 Å². The monoisotopic (exact) mass is 1430 g/mol. The fraction of sp³-hybridized carbons (Fsp3) is 0.852. The summed E-state index contributed by atoms with van der Waals surface area (Å²) in [7, 11) is -3.47. The van der Waals surface area contributed by atoms with Crippen molar-refractivity contribution in [3.63, 3.8) is 0 Å². The molecular weight excluding hydrogens is 1320 g/mol. The summed E-state index contributed by atoms with van der Waals surface area (Å²) in [5.41, 5.74) is 0. The molecule has 0 radical (unpaired) electrons. The van der Waals surface area contributed by atoms with Gasteiger partial charge in [0.2, 0.25) is 47.3 Å². The highest BCUT2D eigenvalue weighted by Crippen LogP contribution is 2.42. The van der Waals surface area contributed by atoms with Crippen molar-refractivity contribution in [2.45, 2.75) is 253 Å². The van der Waals surface area contributed by atoms with Gasteiger partial charge in [0.25, 0.3) is 0 Å². The van der Waals surface area contributed by atoms with E-state index in [4.69, 9.17) is 28.2 Å². The third kappa shape index (κ3) is 32.3. The number of ketones is 1. The first-order valence-corrected chi connectivity index (χ1v) is 35.1. The van der Waals surface area contributed by atoms with Crippen LogP contribution in [0.1, 0.15) is 149 Å². The summed E-state index contributed by atoms with van der Waals surface area (Å²) in [6.45, 7) is 1.26. The molecule has 3 rings (SSSR count). The van der Waals surface area contributed by atoms with Crippen LogP contribution in [0, 0.1) is 5.92 Å². The van der Waals surface area contributed by atoms with Crippen LogP contribution >= 0.6 is 7.82 Å². The van der Waals surface area contributed by atoms with E-state index in [1.54, 1.807) is 0 Å². The van der Waals surface area contributed by atoms with Crippen LogP contribution in [0.15, 0.2) is 0 Å². The SMILES string of the molecule is COP(=O)(O)OC[C@@H](CO)NC(=O)CCCCC(=O)[C@H](CCCCNC(=O)CCCCO[C@@H]1O[C@H](CO)[C@H](O)[C@H](O)[C@H]1NC(C)=O)NC(=O)[C@H](CCCCNC(=O)CCCCO[C@@H]1O[C@H](CO)[C@H](O)[C@H](O)[C@H]1NC(C)=O)NC(=O)CCCCO[C@@H]1C[C@H](CO)[C@H](O)[C@H](O)[C@H]1NC(C)=O. The van der Waals surface area contributed by atoms with Crippen molar-refractivity contribution < 1.29 is 136 Å². The van der Waals surface area contributed by atoms with Gasteiger partial charge in [0, 0.05) is 105 Å². The van der Waals surface area contributed by atoms with Crippen molar-refractivity contribution in [2.75, 3.05) is 73.1 Å². The molecule has 19 atom stereocenters. The third-order valence-corrected chi connectivity index (χ3v) is 17.6. The Morgan fingerprint density at radius 1 is 0.490 bits per heavy atom. The van der Waals surface area contributed by atoms with Gasteiger partial charge in [-0.25, -0.2) is 4.57 Å². The van der Waals surface area contributed by atoms with Crippen molar-refractivity contribution in [3.05, 3.63) is 0 Å². The van der Waals surface area contributed by atoms with E-state index in [9.17, 15) is 104 Å². The maximum Gasteiger partial charge on any atom is 0.471 e. The number of hydrogen-bond donors (Lipinski definition) is 19. The van der Waals surface area contributed by atoms with Crippen molar-refractivity contribution in [2.24, 2.45) is 5.92 Å². The number of unbranched alkanes of at least 4 members (excludes halogenated alkanes) is 6. The van der Waals surface area contributed by atoms with Gasteiger partial charge in [-0.2, -0.15) is 0 Å². The molecule has 2 saturated heterocycles. The second kappa shape index (κ2) is 47.2. The van der Waals surface area contributed by atoms with Gasteiger partial charge in [-0.05, 0) is 96.3 Å². The van der Waals surface area contributed by atoms with E-state index in [1.165, 1.54) is 20.8 Å². The number of ether oxygens (including phenoxy) is 5. The lowest BCUT2D eigenvalue weighted by Gasteiger charge is -2.42. The summed E-state index contributed by atoms with van der Waals surface area (Å²) in [6, 6.07) is -6.61. The Hall–Kier alpha value is -5.06. The second-order valence-electron chi connectivity index (χ2n) is 24.7. The number of carbonyl (C=O) groups excluding carboxylic acids is 9. The molecule has 98 heavy (non-hydrogen) atoms. The van der Waals surface area contributed by atoms with Crippen LogP contribution in [0.5, 0.6) is 0 Å². The maximum absolute atomic E-state index is 14.4. The Morgan fingerprint density at radius 3 is 1.38 bits per heavy atom. The zero-order valence-corrected chi connectivity index (χ0v) is 57.3. The molecule has 37 heteroatoms. The number of Topliss-reactive ketones (excluding diaryl/α,β-unsaturated/α-hetero) is 1. The molecule has 19 N–H and O–H groups in total. The first kappa shape index (κ1) is 87.2. The Labute approximate surface area is 570 Å². The number of rotatable bonds is 49. The highest BCUT2D eigenvalue weighted by Gasteiger charge is 2.47. The van der Waals surface area contributed by atoms with Crippen molar-refractivity contribution in [3.8, 4) is 0 Å². The molecule has 1 aliphatic carbocycles. The minimum atomic E-state index is -4.41. The fourth-order valence-electron chi connectivity index (χ4n) is 11.2. The van der Waals surface area contributed by atoms with Gasteiger partial charge in [0.1, 0.15) is 60.9 Å². The summed E-state index contributed by atoms with van der Waals surface area (Å²) in [5, 5.41) is 123. The highest BCUT2D eigenvalue weighted by molar-refractivity contribution is 7.47.